The molecule has 1 rings (SSSR count). The van der Waals surface area contributed by atoms with Crippen LogP contribution in [0.25, 0.3) is 0 Å². The molecule has 3 nitrogen and oxygen atoms in total. The van der Waals surface area contributed by atoms with E-state index in [0.29, 0.717) is 11.7 Å². The minimum absolute atomic E-state index is 0.235. The van der Waals surface area contributed by atoms with Crippen molar-refractivity contribution in [1.29, 1.82) is 0 Å². The van der Waals surface area contributed by atoms with Crippen molar-refractivity contribution in [3.63, 3.8) is 0 Å². The topological polar surface area (TPSA) is 46.2 Å². The van der Waals surface area contributed by atoms with Gasteiger partial charge >= 0.3 is 0 Å². The van der Waals surface area contributed by atoms with Gasteiger partial charge in [-0.2, -0.15) is 0 Å². The lowest BCUT2D eigenvalue weighted by Gasteiger charge is -2.16. The van der Waals surface area contributed by atoms with Crippen LogP contribution < -0.4 is 5.32 Å². The van der Waals surface area contributed by atoms with Crippen molar-refractivity contribution < 1.29 is 8.42 Å². The lowest BCUT2D eigenvalue weighted by Crippen LogP contribution is -2.27. The Morgan fingerprint density at radius 3 is 2.38 bits per heavy atom. The Balaban J connectivity index is 2.26. The van der Waals surface area contributed by atoms with E-state index in [1.54, 1.807) is 13.8 Å². The lowest BCUT2D eigenvalue weighted by molar-refractivity contribution is 0.446. The second kappa shape index (κ2) is 6.01. The van der Waals surface area contributed by atoms with Gasteiger partial charge in [0.1, 0.15) is 0 Å². The largest absolute Gasteiger partial charge is 0.314 e. The molecule has 16 heavy (non-hydrogen) atoms. The van der Waals surface area contributed by atoms with Crippen molar-refractivity contribution in [3.05, 3.63) is 0 Å². The summed E-state index contributed by atoms with van der Waals surface area (Å²) in [4.78, 5) is 0. The third kappa shape index (κ3) is 4.83. The van der Waals surface area contributed by atoms with E-state index in [0.717, 1.165) is 25.4 Å². The standard InChI is InChI=1S/C12H25NO2S/c1-4-11(9-13-12-5-6-12)7-8-16(14,15)10(2)3/h10-13H,4-9H2,1-3H3. The summed E-state index contributed by atoms with van der Waals surface area (Å²) in [6.07, 6.45) is 4.45. The first-order chi connectivity index (χ1) is 7.45. The Morgan fingerprint density at radius 1 is 1.31 bits per heavy atom. The van der Waals surface area contributed by atoms with E-state index < -0.39 is 9.84 Å². The predicted molar refractivity (Wildman–Crippen MR) is 68.3 cm³/mol. The Morgan fingerprint density at radius 2 is 1.94 bits per heavy atom. The van der Waals surface area contributed by atoms with Gasteiger partial charge in [0.05, 0.1) is 11.0 Å². The van der Waals surface area contributed by atoms with Crippen LogP contribution in [0, 0.1) is 5.92 Å². The first-order valence-electron chi connectivity index (χ1n) is 6.40. The molecule has 0 bridgehead atoms. The first-order valence-corrected chi connectivity index (χ1v) is 8.12. The van der Waals surface area contributed by atoms with Crippen LogP contribution in [0.3, 0.4) is 0 Å². The molecular weight excluding hydrogens is 222 g/mol. The molecule has 0 aromatic rings. The number of rotatable bonds is 8. The van der Waals surface area contributed by atoms with E-state index in [1.807, 2.05) is 0 Å². The first kappa shape index (κ1) is 14.0. The molecule has 0 aromatic heterocycles. The molecule has 1 aliphatic rings. The molecule has 1 aliphatic carbocycles. The number of hydrogen-bond donors (Lipinski definition) is 1. The lowest BCUT2D eigenvalue weighted by atomic mass is 10.0. The minimum Gasteiger partial charge on any atom is -0.314 e. The molecule has 0 aliphatic heterocycles. The van der Waals surface area contributed by atoms with Crippen molar-refractivity contribution in [1.82, 2.24) is 5.32 Å². The van der Waals surface area contributed by atoms with Crippen LogP contribution in [0.1, 0.15) is 46.5 Å². The smallest absolute Gasteiger partial charge is 0.152 e. The van der Waals surface area contributed by atoms with Gasteiger partial charge in [0.25, 0.3) is 0 Å². The Hall–Kier alpha value is -0.0900. The van der Waals surface area contributed by atoms with Crippen molar-refractivity contribution in [3.8, 4) is 0 Å². The van der Waals surface area contributed by atoms with Crippen LogP contribution in [-0.2, 0) is 9.84 Å². The van der Waals surface area contributed by atoms with E-state index in [9.17, 15) is 8.42 Å². The molecule has 4 heteroatoms. The van der Waals surface area contributed by atoms with E-state index in [1.165, 1.54) is 12.8 Å². The van der Waals surface area contributed by atoms with E-state index in [2.05, 4.69) is 12.2 Å². The summed E-state index contributed by atoms with van der Waals surface area (Å²) in [5.41, 5.74) is 0. The molecule has 0 saturated heterocycles. The van der Waals surface area contributed by atoms with Crippen LogP contribution >= 0.6 is 0 Å². The van der Waals surface area contributed by atoms with Crippen LogP contribution in [-0.4, -0.2) is 32.0 Å². The SMILES string of the molecule is CCC(CCS(=O)(=O)C(C)C)CNC1CC1. The molecule has 96 valence electrons. The van der Waals surface area contributed by atoms with Crippen molar-refractivity contribution in [2.75, 3.05) is 12.3 Å². The van der Waals surface area contributed by atoms with Crippen molar-refractivity contribution in [2.24, 2.45) is 5.92 Å². The average Bonchev–Trinajstić information content (AvgIpc) is 3.01. The Labute approximate surface area is 99.9 Å². The normalized spacial score (nSPS) is 19.0. The van der Waals surface area contributed by atoms with Gasteiger partial charge in [-0.05, 0) is 45.6 Å². The molecule has 1 N–H and O–H groups in total. The summed E-state index contributed by atoms with van der Waals surface area (Å²) in [7, 11) is -2.85. The zero-order chi connectivity index (χ0) is 12.2. The second-order valence-corrected chi connectivity index (χ2v) is 7.84. The van der Waals surface area contributed by atoms with Crippen LogP contribution in [0.15, 0.2) is 0 Å². The summed E-state index contributed by atoms with van der Waals surface area (Å²) >= 11 is 0. The number of sulfone groups is 1. The van der Waals surface area contributed by atoms with Crippen molar-refractivity contribution in [2.45, 2.75) is 57.7 Å². The summed E-state index contributed by atoms with van der Waals surface area (Å²) < 4.78 is 23.4. The van der Waals surface area contributed by atoms with Crippen LogP contribution in [0.4, 0.5) is 0 Å². The highest BCUT2D eigenvalue weighted by Crippen LogP contribution is 2.20. The molecule has 0 amide bonds. The molecule has 1 atom stereocenters. The van der Waals surface area contributed by atoms with Crippen LogP contribution in [0.2, 0.25) is 0 Å². The number of nitrogens with one attached hydrogen (secondary N) is 1. The van der Waals surface area contributed by atoms with Crippen LogP contribution in [0.5, 0.6) is 0 Å². The van der Waals surface area contributed by atoms with Gasteiger partial charge in [0, 0.05) is 6.04 Å². The molecule has 0 spiro atoms. The summed E-state index contributed by atoms with van der Waals surface area (Å²) in [5, 5.41) is 3.24. The predicted octanol–water partition coefficient (Wildman–Crippen LogP) is 1.98. The molecule has 1 unspecified atom stereocenters. The highest BCUT2D eigenvalue weighted by molar-refractivity contribution is 7.91. The molecule has 1 fully saturated rings. The molecule has 0 aromatic carbocycles. The van der Waals surface area contributed by atoms with Gasteiger partial charge in [-0.15, -0.1) is 0 Å². The van der Waals surface area contributed by atoms with Gasteiger partial charge < -0.3 is 5.32 Å². The molecule has 1 saturated carbocycles. The third-order valence-electron chi connectivity index (χ3n) is 3.38. The Bertz CT molecular complexity index is 294. The fourth-order valence-corrected chi connectivity index (χ4v) is 2.77. The average molecular weight is 247 g/mol. The second-order valence-electron chi connectivity index (χ2n) is 5.16. The molecule has 0 radical (unpaired) electrons. The maximum atomic E-state index is 11.7. The summed E-state index contributed by atoms with van der Waals surface area (Å²) in [5.74, 6) is 0.851. The summed E-state index contributed by atoms with van der Waals surface area (Å²) in [6, 6.07) is 0.718. The van der Waals surface area contributed by atoms with E-state index >= 15 is 0 Å². The zero-order valence-corrected chi connectivity index (χ0v) is 11.5. The Kier molecular flexibility index (Phi) is 5.25. The monoisotopic (exact) mass is 247 g/mol. The van der Waals surface area contributed by atoms with Gasteiger partial charge in [-0.3, -0.25) is 0 Å². The van der Waals surface area contributed by atoms with Gasteiger partial charge in [-0.1, -0.05) is 13.3 Å². The van der Waals surface area contributed by atoms with Gasteiger partial charge in [0.15, 0.2) is 9.84 Å². The fourth-order valence-electron chi connectivity index (χ4n) is 1.64. The van der Waals surface area contributed by atoms with Gasteiger partial charge in [0.2, 0.25) is 0 Å². The zero-order valence-electron chi connectivity index (χ0n) is 10.7. The van der Waals surface area contributed by atoms with E-state index in [-0.39, 0.29) is 5.25 Å². The highest BCUT2D eigenvalue weighted by Gasteiger charge is 2.23. The summed E-state index contributed by atoms with van der Waals surface area (Å²) in [6.45, 7) is 6.65. The maximum absolute atomic E-state index is 11.7. The maximum Gasteiger partial charge on any atom is 0.152 e. The number of hydrogen-bond acceptors (Lipinski definition) is 3. The fraction of sp³-hybridized carbons (Fsp3) is 1.00. The molecule has 0 heterocycles. The third-order valence-corrected chi connectivity index (χ3v) is 5.62. The minimum atomic E-state index is -2.85. The van der Waals surface area contributed by atoms with Crippen molar-refractivity contribution >= 4 is 9.84 Å². The van der Waals surface area contributed by atoms with E-state index in [4.69, 9.17) is 0 Å². The highest BCUT2D eigenvalue weighted by atomic mass is 32.2. The molecular formula is C12H25NO2S. The van der Waals surface area contributed by atoms with Gasteiger partial charge in [-0.25, -0.2) is 8.42 Å². The quantitative estimate of drug-likeness (QED) is 0.713.